The van der Waals surface area contributed by atoms with Gasteiger partial charge in [-0.05, 0) is 36.3 Å². The van der Waals surface area contributed by atoms with Crippen molar-refractivity contribution in [3.05, 3.63) is 71.3 Å². The molecule has 3 nitrogen and oxygen atoms in total. The molecule has 5 rings (SSSR count). The molecule has 2 aliphatic heterocycles. The van der Waals surface area contributed by atoms with E-state index in [9.17, 15) is 4.79 Å². The van der Waals surface area contributed by atoms with Gasteiger partial charge in [-0.1, -0.05) is 80.8 Å². The maximum Gasteiger partial charge on any atom is 0.313 e. The number of hydrogen-bond donors (Lipinski definition) is 0. The number of carbonyl (C=O) groups is 1. The third-order valence-corrected chi connectivity index (χ3v) is 9.34. The number of benzene rings is 2. The summed E-state index contributed by atoms with van der Waals surface area (Å²) < 4.78 is 7.48. The second kappa shape index (κ2) is 10.2. The Bertz CT molecular complexity index is 933. The summed E-state index contributed by atoms with van der Waals surface area (Å²) in [5, 5.41) is 0. The highest BCUT2D eigenvalue weighted by Gasteiger charge is 2.52. The molecule has 0 spiro atoms. The van der Waals surface area contributed by atoms with E-state index in [0.29, 0.717) is 18.0 Å². The molecule has 2 aromatic carbocycles. The average molecular weight is 461 g/mol. The third kappa shape index (κ3) is 4.82. The number of hydrogen-bond acceptors (Lipinski definition) is 2. The summed E-state index contributed by atoms with van der Waals surface area (Å²) in [5.41, 5.74) is 3.99. The lowest BCUT2D eigenvalue weighted by Gasteiger charge is -2.47. The monoisotopic (exact) mass is 460 g/mol. The molecule has 34 heavy (non-hydrogen) atoms. The van der Waals surface area contributed by atoms with Crippen molar-refractivity contribution in [3.8, 4) is 0 Å². The van der Waals surface area contributed by atoms with Crippen LogP contribution in [0.2, 0.25) is 0 Å². The van der Waals surface area contributed by atoms with E-state index in [1.165, 1.54) is 43.2 Å². The van der Waals surface area contributed by atoms with E-state index < -0.39 is 0 Å². The number of quaternary nitrogens is 1. The zero-order chi connectivity index (χ0) is 23.5. The van der Waals surface area contributed by atoms with E-state index in [1.807, 2.05) is 6.07 Å². The molecule has 3 fully saturated rings. The predicted molar refractivity (Wildman–Crippen MR) is 137 cm³/mol. The Labute approximate surface area is 206 Å². The van der Waals surface area contributed by atoms with Gasteiger partial charge < -0.3 is 9.22 Å². The van der Waals surface area contributed by atoms with Crippen LogP contribution in [0, 0.1) is 5.92 Å². The Kier molecular flexibility index (Phi) is 7.11. The van der Waals surface area contributed by atoms with Crippen LogP contribution < -0.4 is 0 Å². The number of carbonyl (C=O) groups excluding carboxylic acids is 1. The number of rotatable bonds is 7. The van der Waals surface area contributed by atoms with E-state index in [1.54, 1.807) is 0 Å². The summed E-state index contributed by atoms with van der Waals surface area (Å²) >= 11 is 0. The number of aryl methyl sites for hydroxylation is 1. The maximum absolute atomic E-state index is 13.6. The summed E-state index contributed by atoms with van der Waals surface area (Å²) in [4.78, 5) is 13.6. The van der Waals surface area contributed by atoms with E-state index >= 15 is 0 Å². The smallest absolute Gasteiger partial charge is 0.313 e. The molecular weight excluding hydrogens is 418 g/mol. The van der Waals surface area contributed by atoms with Crippen LogP contribution in [0.25, 0.3) is 0 Å². The second-order valence-electron chi connectivity index (χ2n) is 11.4. The molecule has 1 saturated carbocycles. The molecule has 3 aliphatic rings. The zero-order valence-corrected chi connectivity index (χ0v) is 21.1. The lowest BCUT2D eigenvalue weighted by molar-refractivity contribution is -0.961. The lowest BCUT2D eigenvalue weighted by atomic mass is 9.77. The van der Waals surface area contributed by atoms with Crippen molar-refractivity contribution in [1.29, 1.82) is 0 Å². The van der Waals surface area contributed by atoms with Crippen molar-refractivity contribution in [2.45, 2.75) is 102 Å². The van der Waals surface area contributed by atoms with Gasteiger partial charge in [0.25, 0.3) is 0 Å². The van der Waals surface area contributed by atoms with Crippen molar-refractivity contribution >= 4 is 5.97 Å². The van der Waals surface area contributed by atoms with Crippen molar-refractivity contribution in [2.24, 2.45) is 5.92 Å². The van der Waals surface area contributed by atoms with Crippen LogP contribution in [0.5, 0.6) is 0 Å². The average Bonchev–Trinajstić information content (AvgIpc) is 3.02. The van der Waals surface area contributed by atoms with Gasteiger partial charge in [0.1, 0.15) is 12.6 Å². The molecule has 2 aromatic rings. The fourth-order valence-electron chi connectivity index (χ4n) is 7.29. The molecule has 0 aromatic heterocycles. The molecule has 2 saturated heterocycles. The molecule has 0 radical (unpaired) electrons. The van der Waals surface area contributed by atoms with Gasteiger partial charge in [-0.2, -0.15) is 0 Å². The first-order valence-corrected chi connectivity index (χ1v) is 13.7. The highest BCUT2D eigenvalue weighted by molar-refractivity contribution is 5.78. The Hall–Kier alpha value is -2.13. The minimum atomic E-state index is -0.0981. The fourth-order valence-corrected chi connectivity index (χ4v) is 7.29. The van der Waals surface area contributed by atoms with Gasteiger partial charge in [-0.25, -0.2) is 0 Å². The Morgan fingerprint density at radius 1 is 0.882 bits per heavy atom. The summed E-state index contributed by atoms with van der Waals surface area (Å²) in [6, 6.07) is 20.8. The van der Waals surface area contributed by atoms with Crippen LogP contribution in [0.4, 0.5) is 0 Å². The minimum absolute atomic E-state index is 0.0359. The second-order valence-corrected chi connectivity index (χ2v) is 11.4. The lowest BCUT2D eigenvalue weighted by Crippen LogP contribution is -2.58. The van der Waals surface area contributed by atoms with Gasteiger partial charge >= 0.3 is 5.97 Å². The van der Waals surface area contributed by atoms with Crippen LogP contribution in [0.3, 0.4) is 0 Å². The molecule has 2 heterocycles. The normalized spacial score (nSPS) is 30.1. The Balaban J connectivity index is 1.27. The first-order chi connectivity index (χ1) is 16.6. The molecule has 182 valence electrons. The summed E-state index contributed by atoms with van der Waals surface area (Å²) in [5.74, 6) is 0.365. The van der Waals surface area contributed by atoms with Gasteiger partial charge in [0.05, 0.1) is 25.0 Å². The SMILES string of the molecule is CCc1ccc(C[N+]2(C)C3CCC2CC(OC(=O)C(c2ccccc2)C2CCCCC2)C3)cc1. The predicted octanol–water partition coefficient (Wildman–Crippen LogP) is 6.80. The Morgan fingerprint density at radius 3 is 2.12 bits per heavy atom. The highest BCUT2D eigenvalue weighted by Crippen LogP contribution is 2.44. The molecule has 0 N–H and O–H groups in total. The molecule has 0 amide bonds. The number of fused-ring (bicyclic) bond motifs is 2. The maximum atomic E-state index is 13.6. The van der Waals surface area contributed by atoms with E-state index in [0.717, 1.165) is 48.7 Å². The summed E-state index contributed by atoms with van der Waals surface area (Å²) in [6.45, 7) is 3.31. The van der Waals surface area contributed by atoms with Crippen molar-refractivity contribution in [3.63, 3.8) is 0 Å². The molecule has 3 unspecified atom stereocenters. The zero-order valence-electron chi connectivity index (χ0n) is 21.1. The van der Waals surface area contributed by atoms with Crippen LogP contribution in [0.15, 0.2) is 54.6 Å². The number of ether oxygens (including phenoxy) is 1. The topological polar surface area (TPSA) is 26.3 Å². The van der Waals surface area contributed by atoms with Gasteiger partial charge in [-0.15, -0.1) is 0 Å². The van der Waals surface area contributed by atoms with Crippen LogP contribution in [-0.4, -0.2) is 35.7 Å². The van der Waals surface area contributed by atoms with E-state index in [2.05, 4.69) is 62.5 Å². The quantitative estimate of drug-likeness (QED) is 0.336. The first kappa shape index (κ1) is 23.6. The molecular formula is C31H42NO2+. The van der Waals surface area contributed by atoms with Gasteiger partial charge in [0.15, 0.2) is 0 Å². The van der Waals surface area contributed by atoms with E-state index in [-0.39, 0.29) is 18.0 Å². The molecule has 2 bridgehead atoms. The number of piperidine rings is 1. The molecule has 1 aliphatic carbocycles. The summed E-state index contributed by atoms with van der Waals surface area (Å²) in [7, 11) is 2.45. The van der Waals surface area contributed by atoms with E-state index in [4.69, 9.17) is 4.74 Å². The standard InChI is InChI=1S/C31H42NO2/c1-3-23-14-16-24(17-15-23)22-32(2)27-18-19-28(32)21-29(20-27)34-31(33)30(25-10-6-4-7-11-25)26-12-8-5-9-13-26/h4,6-7,10-11,14-17,26-30H,3,5,8-9,12-13,18-22H2,1-2H3/q+1. The van der Waals surface area contributed by atoms with Crippen LogP contribution in [0.1, 0.15) is 87.3 Å². The third-order valence-electron chi connectivity index (χ3n) is 9.34. The minimum Gasteiger partial charge on any atom is -0.461 e. The van der Waals surface area contributed by atoms with Crippen LogP contribution in [-0.2, 0) is 22.5 Å². The molecule has 3 atom stereocenters. The van der Waals surface area contributed by atoms with Gasteiger partial charge in [0.2, 0.25) is 0 Å². The van der Waals surface area contributed by atoms with Gasteiger partial charge in [-0.3, -0.25) is 4.79 Å². The van der Waals surface area contributed by atoms with Crippen molar-refractivity contribution in [2.75, 3.05) is 7.05 Å². The van der Waals surface area contributed by atoms with Gasteiger partial charge in [0, 0.05) is 31.2 Å². The van der Waals surface area contributed by atoms with Crippen molar-refractivity contribution < 1.29 is 14.0 Å². The summed E-state index contributed by atoms with van der Waals surface area (Å²) in [6.07, 6.45) is 11.8. The Morgan fingerprint density at radius 2 is 1.50 bits per heavy atom. The highest BCUT2D eigenvalue weighted by atomic mass is 16.5. The number of esters is 1. The first-order valence-electron chi connectivity index (χ1n) is 13.7. The largest absolute Gasteiger partial charge is 0.461 e. The van der Waals surface area contributed by atoms with Crippen molar-refractivity contribution in [1.82, 2.24) is 0 Å². The fraction of sp³-hybridized carbons (Fsp3) is 0.581. The molecule has 3 heteroatoms. The van der Waals surface area contributed by atoms with Crippen LogP contribution >= 0.6 is 0 Å². The number of nitrogens with zero attached hydrogens (tertiary/aromatic N) is 1.